The Labute approximate surface area is 92.3 Å². The Kier molecular flexibility index (Phi) is 3.91. The van der Waals surface area contributed by atoms with Crippen molar-refractivity contribution < 1.29 is 4.79 Å². The monoisotopic (exact) mass is 210 g/mol. The Bertz CT molecular complexity index is 269. The van der Waals surface area contributed by atoms with Crippen molar-refractivity contribution in [3.63, 3.8) is 0 Å². The van der Waals surface area contributed by atoms with Gasteiger partial charge < -0.3 is 10.6 Å². The number of nitrogens with two attached hydrogens (primary N) is 1. The maximum atomic E-state index is 12.1. The lowest BCUT2D eigenvalue weighted by atomic mass is 9.94. The van der Waals surface area contributed by atoms with Gasteiger partial charge in [0.1, 0.15) is 0 Å². The Morgan fingerprint density at radius 1 is 1.67 bits per heavy atom. The normalized spacial score (nSPS) is 20.8. The van der Waals surface area contributed by atoms with Crippen molar-refractivity contribution in [2.45, 2.75) is 45.6 Å². The van der Waals surface area contributed by atoms with Crippen LogP contribution in [0.5, 0.6) is 0 Å². The third kappa shape index (κ3) is 3.06. The minimum atomic E-state index is -0.688. The third-order valence-electron chi connectivity index (χ3n) is 2.88. The molecule has 86 valence electrons. The first kappa shape index (κ1) is 12.2. The number of nitrogens with zero attached hydrogens (tertiary/aromatic N) is 1. The molecule has 1 unspecified atom stereocenters. The molecule has 3 nitrogen and oxygen atoms in total. The number of carbonyl (C=O) groups is 1. The molecule has 1 atom stereocenters. The van der Waals surface area contributed by atoms with Crippen LogP contribution in [-0.4, -0.2) is 29.4 Å². The van der Waals surface area contributed by atoms with Gasteiger partial charge in [0.25, 0.3) is 0 Å². The summed E-state index contributed by atoms with van der Waals surface area (Å²) >= 11 is 0. The quantitative estimate of drug-likeness (QED) is 0.720. The number of hydrogen-bond donors (Lipinski definition) is 1. The van der Waals surface area contributed by atoms with Gasteiger partial charge in [0, 0.05) is 13.1 Å². The van der Waals surface area contributed by atoms with Crippen molar-refractivity contribution >= 4 is 5.91 Å². The minimum Gasteiger partial charge on any atom is -0.337 e. The Morgan fingerprint density at radius 3 is 2.87 bits per heavy atom. The van der Waals surface area contributed by atoms with E-state index in [0.29, 0.717) is 0 Å². The van der Waals surface area contributed by atoms with E-state index in [1.165, 1.54) is 5.57 Å². The van der Waals surface area contributed by atoms with Gasteiger partial charge in [-0.2, -0.15) is 0 Å². The van der Waals surface area contributed by atoms with Gasteiger partial charge in [0.05, 0.1) is 5.54 Å². The fourth-order valence-corrected chi connectivity index (χ4v) is 2.07. The van der Waals surface area contributed by atoms with Crippen LogP contribution in [0.15, 0.2) is 11.6 Å². The summed E-state index contributed by atoms with van der Waals surface area (Å²) in [6, 6.07) is 0. The van der Waals surface area contributed by atoms with E-state index < -0.39 is 5.54 Å². The summed E-state index contributed by atoms with van der Waals surface area (Å²) in [6.07, 6.45) is 4.85. The molecule has 0 aromatic carbocycles. The zero-order valence-corrected chi connectivity index (χ0v) is 10.0. The molecule has 1 aliphatic rings. The second-order valence-corrected chi connectivity index (χ2v) is 4.73. The fraction of sp³-hybridized carbons (Fsp3) is 0.750. The summed E-state index contributed by atoms with van der Waals surface area (Å²) < 4.78 is 0. The molecule has 0 aromatic rings. The average Bonchev–Trinajstić information content (AvgIpc) is 2.16. The van der Waals surface area contributed by atoms with Crippen LogP contribution in [0.25, 0.3) is 0 Å². The van der Waals surface area contributed by atoms with E-state index in [1.807, 2.05) is 11.8 Å². The SMILES string of the molecule is CCCC(C)(N)C(=O)N1CCC=C(C)C1. The van der Waals surface area contributed by atoms with Crippen LogP contribution in [0.1, 0.15) is 40.0 Å². The van der Waals surface area contributed by atoms with Crippen molar-refractivity contribution in [2.75, 3.05) is 13.1 Å². The van der Waals surface area contributed by atoms with E-state index in [1.54, 1.807) is 0 Å². The summed E-state index contributed by atoms with van der Waals surface area (Å²) in [5, 5.41) is 0. The van der Waals surface area contributed by atoms with Gasteiger partial charge in [0.2, 0.25) is 5.91 Å². The summed E-state index contributed by atoms with van der Waals surface area (Å²) in [6.45, 7) is 7.52. The van der Waals surface area contributed by atoms with Crippen molar-refractivity contribution in [3.05, 3.63) is 11.6 Å². The predicted molar refractivity (Wildman–Crippen MR) is 62.5 cm³/mol. The zero-order valence-electron chi connectivity index (χ0n) is 10.0. The second-order valence-electron chi connectivity index (χ2n) is 4.73. The van der Waals surface area contributed by atoms with Crippen LogP contribution in [0.4, 0.5) is 0 Å². The molecule has 0 saturated heterocycles. The highest BCUT2D eigenvalue weighted by Crippen LogP contribution is 2.17. The average molecular weight is 210 g/mol. The highest BCUT2D eigenvalue weighted by molar-refractivity contribution is 5.86. The molecule has 0 radical (unpaired) electrons. The van der Waals surface area contributed by atoms with E-state index in [2.05, 4.69) is 19.9 Å². The van der Waals surface area contributed by atoms with Gasteiger partial charge in [-0.25, -0.2) is 0 Å². The van der Waals surface area contributed by atoms with E-state index in [-0.39, 0.29) is 5.91 Å². The highest BCUT2D eigenvalue weighted by Gasteiger charge is 2.32. The summed E-state index contributed by atoms with van der Waals surface area (Å²) in [7, 11) is 0. The Morgan fingerprint density at radius 2 is 2.33 bits per heavy atom. The number of hydrogen-bond acceptors (Lipinski definition) is 2. The summed E-state index contributed by atoms with van der Waals surface area (Å²) in [5.74, 6) is 0.0943. The first-order chi connectivity index (χ1) is 6.97. The maximum Gasteiger partial charge on any atom is 0.242 e. The lowest BCUT2D eigenvalue weighted by molar-refractivity contribution is -0.136. The molecule has 0 saturated carbocycles. The van der Waals surface area contributed by atoms with Gasteiger partial charge >= 0.3 is 0 Å². The van der Waals surface area contributed by atoms with Gasteiger partial charge in [-0.3, -0.25) is 4.79 Å². The molecule has 0 aliphatic carbocycles. The van der Waals surface area contributed by atoms with Crippen LogP contribution >= 0.6 is 0 Å². The lowest BCUT2D eigenvalue weighted by Crippen LogP contribution is -2.54. The van der Waals surface area contributed by atoms with Gasteiger partial charge in [-0.05, 0) is 26.7 Å². The molecule has 1 aliphatic heterocycles. The molecular weight excluding hydrogens is 188 g/mol. The molecule has 0 spiro atoms. The van der Waals surface area contributed by atoms with Gasteiger partial charge in [-0.1, -0.05) is 25.0 Å². The zero-order chi connectivity index (χ0) is 11.5. The van der Waals surface area contributed by atoms with E-state index in [9.17, 15) is 4.79 Å². The van der Waals surface area contributed by atoms with Crippen molar-refractivity contribution in [1.82, 2.24) is 4.90 Å². The van der Waals surface area contributed by atoms with Crippen LogP contribution in [-0.2, 0) is 4.79 Å². The van der Waals surface area contributed by atoms with Crippen LogP contribution in [0, 0.1) is 0 Å². The molecule has 3 heteroatoms. The van der Waals surface area contributed by atoms with Gasteiger partial charge in [0.15, 0.2) is 0 Å². The summed E-state index contributed by atoms with van der Waals surface area (Å²) in [4.78, 5) is 14.0. The second kappa shape index (κ2) is 4.79. The molecule has 1 amide bonds. The first-order valence-corrected chi connectivity index (χ1v) is 5.71. The lowest BCUT2D eigenvalue weighted by Gasteiger charge is -2.33. The van der Waals surface area contributed by atoms with Crippen LogP contribution in [0.3, 0.4) is 0 Å². The van der Waals surface area contributed by atoms with Crippen LogP contribution < -0.4 is 5.73 Å². The number of carbonyl (C=O) groups excluding carboxylic acids is 1. The predicted octanol–water partition coefficient (Wildman–Crippen LogP) is 1.68. The van der Waals surface area contributed by atoms with E-state index >= 15 is 0 Å². The standard InChI is InChI=1S/C12H22N2O/c1-4-7-12(3,13)11(15)14-8-5-6-10(2)9-14/h6H,4-5,7-9,13H2,1-3H3. The Hall–Kier alpha value is -0.830. The minimum absolute atomic E-state index is 0.0943. The first-order valence-electron chi connectivity index (χ1n) is 5.71. The molecule has 0 bridgehead atoms. The maximum absolute atomic E-state index is 12.1. The van der Waals surface area contributed by atoms with Crippen LogP contribution in [0.2, 0.25) is 0 Å². The molecule has 1 heterocycles. The molecule has 15 heavy (non-hydrogen) atoms. The van der Waals surface area contributed by atoms with Crippen molar-refractivity contribution in [3.8, 4) is 0 Å². The topological polar surface area (TPSA) is 46.3 Å². The largest absolute Gasteiger partial charge is 0.337 e. The molecule has 0 fully saturated rings. The summed E-state index contributed by atoms with van der Waals surface area (Å²) in [5.41, 5.74) is 6.61. The number of amides is 1. The smallest absolute Gasteiger partial charge is 0.242 e. The van der Waals surface area contributed by atoms with Gasteiger partial charge in [-0.15, -0.1) is 0 Å². The molecular formula is C12H22N2O. The molecule has 2 N–H and O–H groups in total. The highest BCUT2D eigenvalue weighted by atomic mass is 16.2. The molecule has 1 rings (SSSR count). The number of rotatable bonds is 3. The third-order valence-corrected chi connectivity index (χ3v) is 2.88. The fourth-order valence-electron chi connectivity index (χ4n) is 2.07. The van der Waals surface area contributed by atoms with E-state index in [4.69, 9.17) is 5.73 Å². The van der Waals surface area contributed by atoms with Crippen molar-refractivity contribution in [1.29, 1.82) is 0 Å². The van der Waals surface area contributed by atoms with E-state index in [0.717, 1.165) is 32.4 Å². The van der Waals surface area contributed by atoms with Crippen molar-refractivity contribution in [2.24, 2.45) is 5.73 Å². The molecule has 0 aromatic heterocycles. The Balaban J connectivity index is 2.64.